The first kappa shape index (κ1) is 23.4. The van der Waals surface area contributed by atoms with Crippen LogP contribution in [0.2, 0.25) is 5.02 Å². The Balaban J connectivity index is 2.60. The Hall–Kier alpha value is -1.64. The van der Waals surface area contributed by atoms with Gasteiger partial charge in [0.2, 0.25) is 10.0 Å². The van der Waals surface area contributed by atoms with Gasteiger partial charge in [0, 0.05) is 6.04 Å². The molecular weight excluding hydrogens is 392 g/mol. The maximum atomic E-state index is 12.1. The molecule has 7 nitrogen and oxygen atoms in total. The van der Waals surface area contributed by atoms with Crippen molar-refractivity contribution in [2.45, 2.75) is 51.0 Å². The van der Waals surface area contributed by atoms with Gasteiger partial charge < -0.3 is 10.1 Å². The fourth-order valence-corrected chi connectivity index (χ4v) is 3.63. The van der Waals surface area contributed by atoms with E-state index in [1.54, 1.807) is 0 Å². The molecule has 0 aromatic heterocycles. The van der Waals surface area contributed by atoms with Gasteiger partial charge in [-0.05, 0) is 44.5 Å². The summed E-state index contributed by atoms with van der Waals surface area (Å²) in [5.41, 5.74) is -0.00833. The van der Waals surface area contributed by atoms with Crippen molar-refractivity contribution in [2.24, 2.45) is 5.92 Å². The standard InChI is InChI=1S/C18H27ClN2O5S/c1-12(2)6-5-7-13(3)21-17(22)11-26-18(23)14-8-9-15(19)16(10-14)27(24,25)20-4/h8-10,12-13,20H,5-7,11H2,1-4H3,(H,21,22)/t13-/m1/s1. The van der Waals surface area contributed by atoms with Gasteiger partial charge in [0.1, 0.15) is 4.90 Å². The molecular formula is C18H27ClN2O5S. The van der Waals surface area contributed by atoms with E-state index in [1.807, 2.05) is 6.92 Å². The average molecular weight is 419 g/mol. The van der Waals surface area contributed by atoms with E-state index in [4.69, 9.17) is 16.3 Å². The van der Waals surface area contributed by atoms with E-state index in [0.29, 0.717) is 5.92 Å². The minimum Gasteiger partial charge on any atom is -0.452 e. The number of amides is 1. The molecule has 2 N–H and O–H groups in total. The van der Waals surface area contributed by atoms with Gasteiger partial charge >= 0.3 is 5.97 Å². The third-order valence-corrected chi connectivity index (χ3v) is 5.78. The normalized spacial score (nSPS) is 12.7. The van der Waals surface area contributed by atoms with E-state index < -0.39 is 28.5 Å². The minimum atomic E-state index is -3.82. The van der Waals surface area contributed by atoms with Crippen LogP contribution in [0.5, 0.6) is 0 Å². The fraction of sp³-hybridized carbons (Fsp3) is 0.556. The van der Waals surface area contributed by atoms with E-state index in [9.17, 15) is 18.0 Å². The number of carbonyl (C=O) groups is 2. The van der Waals surface area contributed by atoms with Crippen LogP contribution in [0.25, 0.3) is 0 Å². The molecule has 152 valence electrons. The molecule has 1 amide bonds. The summed E-state index contributed by atoms with van der Waals surface area (Å²) in [6.07, 6.45) is 2.94. The molecule has 0 heterocycles. The SMILES string of the molecule is CNS(=O)(=O)c1cc(C(=O)OCC(=O)N[C@H](C)CCCC(C)C)ccc1Cl. The largest absolute Gasteiger partial charge is 0.452 e. The van der Waals surface area contributed by atoms with Gasteiger partial charge in [-0.1, -0.05) is 38.3 Å². The Morgan fingerprint density at radius 3 is 2.44 bits per heavy atom. The first-order valence-corrected chi connectivity index (χ1v) is 10.6. The Bertz CT molecular complexity index is 765. The third-order valence-electron chi connectivity index (χ3n) is 3.89. The predicted octanol–water partition coefficient (Wildman–Crippen LogP) is 2.74. The third kappa shape index (κ3) is 7.86. The van der Waals surface area contributed by atoms with Crippen LogP contribution in [0.3, 0.4) is 0 Å². The molecule has 9 heteroatoms. The number of rotatable bonds is 10. The van der Waals surface area contributed by atoms with Crippen molar-refractivity contribution in [1.82, 2.24) is 10.0 Å². The fourth-order valence-electron chi connectivity index (χ4n) is 2.38. The highest BCUT2D eigenvalue weighted by Crippen LogP contribution is 2.22. The summed E-state index contributed by atoms with van der Waals surface area (Å²) in [5, 5.41) is 2.75. The van der Waals surface area contributed by atoms with E-state index >= 15 is 0 Å². The Morgan fingerprint density at radius 2 is 1.85 bits per heavy atom. The Morgan fingerprint density at radius 1 is 1.19 bits per heavy atom. The van der Waals surface area contributed by atoms with Crippen LogP contribution in [0.4, 0.5) is 0 Å². The number of esters is 1. The second kappa shape index (κ2) is 10.6. The molecule has 0 aliphatic carbocycles. The molecule has 1 aromatic rings. The summed E-state index contributed by atoms with van der Waals surface area (Å²) in [7, 11) is -2.58. The summed E-state index contributed by atoms with van der Waals surface area (Å²) in [6, 6.07) is 3.73. The molecule has 0 unspecified atom stereocenters. The molecule has 0 aliphatic heterocycles. The summed E-state index contributed by atoms with van der Waals surface area (Å²) in [6.45, 7) is 5.75. The number of sulfonamides is 1. The molecule has 0 saturated heterocycles. The number of hydrogen-bond donors (Lipinski definition) is 2. The number of hydrogen-bond acceptors (Lipinski definition) is 5. The van der Waals surface area contributed by atoms with Gasteiger partial charge in [-0.15, -0.1) is 0 Å². The van der Waals surface area contributed by atoms with E-state index in [1.165, 1.54) is 19.2 Å². The highest BCUT2D eigenvalue weighted by Gasteiger charge is 2.20. The quantitative estimate of drug-likeness (QED) is 0.569. The zero-order valence-corrected chi connectivity index (χ0v) is 17.6. The smallest absolute Gasteiger partial charge is 0.338 e. The number of ether oxygens (including phenoxy) is 1. The topological polar surface area (TPSA) is 102 Å². The van der Waals surface area contributed by atoms with Crippen LogP contribution in [0.1, 0.15) is 50.4 Å². The first-order valence-electron chi connectivity index (χ1n) is 8.76. The van der Waals surface area contributed by atoms with Crippen LogP contribution in [0, 0.1) is 5.92 Å². The molecule has 0 fully saturated rings. The first-order chi connectivity index (χ1) is 12.6. The number of carbonyl (C=O) groups excluding carboxylic acids is 2. The number of benzene rings is 1. The van der Waals surface area contributed by atoms with Crippen LogP contribution >= 0.6 is 11.6 Å². The maximum Gasteiger partial charge on any atom is 0.338 e. The molecule has 0 spiro atoms. The van der Waals surface area contributed by atoms with E-state index in [-0.39, 0.29) is 21.5 Å². The Labute approximate surface area is 165 Å². The molecule has 27 heavy (non-hydrogen) atoms. The van der Waals surface area contributed by atoms with Gasteiger partial charge in [0.05, 0.1) is 10.6 Å². The van der Waals surface area contributed by atoms with Gasteiger partial charge in [-0.3, -0.25) is 4.79 Å². The summed E-state index contributed by atoms with van der Waals surface area (Å²) in [5.74, 6) is -0.593. The van der Waals surface area contributed by atoms with Crippen molar-refractivity contribution in [3.05, 3.63) is 28.8 Å². The lowest BCUT2D eigenvalue weighted by Crippen LogP contribution is -2.35. The molecule has 1 atom stereocenters. The van der Waals surface area contributed by atoms with Crippen molar-refractivity contribution in [3.63, 3.8) is 0 Å². The predicted molar refractivity (Wildman–Crippen MR) is 104 cm³/mol. The lowest BCUT2D eigenvalue weighted by molar-refractivity contribution is -0.124. The average Bonchev–Trinajstić information content (AvgIpc) is 2.59. The van der Waals surface area contributed by atoms with Crippen LogP contribution in [0.15, 0.2) is 23.1 Å². The molecule has 1 aromatic carbocycles. The monoisotopic (exact) mass is 418 g/mol. The lowest BCUT2D eigenvalue weighted by Gasteiger charge is -2.14. The Kier molecular flexibility index (Phi) is 9.21. The molecule has 0 bridgehead atoms. The molecule has 0 aliphatic rings. The van der Waals surface area contributed by atoms with E-state index in [0.717, 1.165) is 25.3 Å². The second-order valence-electron chi connectivity index (χ2n) is 6.72. The molecule has 1 rings (SSSR count). The lowest BCUT2D eigenvalue weighted by atomic mass is 10.0. The molecule has 0 saturated carbocycles. The highest BCUT2D eigenvalue weighted by atomic mass is 35.5. The van der Waals surface area contributed by atoms with Crippen LogP contribution < -0.4 is 10.0 Å². The van der Waals surface area contributed by atoms with E-state index in [2.05, 4.69) is 23.9 Å². The summed E-state index contributed by atoms with van der Waals surface area (Å²) in [4.78, 5) is 23.8. The summed E-state index contributed by atoms with van der Waals surface area (Å²) < 4.78 is 30.9. The van der Waals surface area contributed by atoms with Crippen molar-refractivity contribution in [3.8, 4) is 0 Å². The zero-order chi connectivity index (χ0) is 20.6. The maximum absolute atomic E-state index is 12.1. The minimum absolute atomic E-state index is 0.00833. The van der Waals surface area contributed by atoms with Gasteiger partial charge in [0.15, 0.2) is 6.61 Å². The number of halogens is 1. The van der Waals surface area contributed by atoms with Crippen molar-refractivity contribution in [1.29, 1.82) is 0 Å². The van der Waals surface area contributed by atoms with Crippen LogP contribution in [-0.4, -0.2) is 40.0 Å². The second-order valence-corrected chi connectivity index (χ2v) is 8.98. The van der Waals surface area contributed by atoms with Crippen molar-refractivity contribution in [2.75, 3.05) is 13.7 Å². The zero-order valence-electron chi connectivity index (χ0n) is 16.0. The van der Waals surface area contributed by atoms with Gasteiger partial charge in [-0.25, -0.2) is 17.9 Å². The summed E-state index contributed by atoms with van der Waals surface area (Å²) >= 11 is 5.87. The van der Waals surface area contributed by atoms with Crippen molar-refractivity contribution >= 4 is 33.5 Å². The molecule has 0 radical (unpaired) electrons. The highest BCUT2D eigenvalue weighted by molar-refractivity contribution is 7.89. The number of nitrogens with one attached hydrogen (secondary N) is 2. The van der Waals surface area contributed by atoms with Crippen molar-refractivity contribution < 1.29 is 22.7 Å². The van der Waals surface area contributed by atoms with Gasteiger partial charge in [0.25, 0.3) is 5.91 Å². The van der Waals surface area contributed by atoms with Gasteiger partial charge in [-0.2, -0.15) is 0 Å². The van der Waals surface area contributed by atoms with Crippen LogP contribution in [-0.2, 0) is 19.6 Å².